The highest BCUT2D eigenvalue weighted by molar-refractivity contribution is 5.38. The molecule has 1 N–H and O–H groups in total. The first kappa shape index (κ1) is 14.3. The molecule has 4 nitrogen and oxygen atoms in total. The number of hydrogen-bond donors (Lipinski definition) is 1. The van der Waals surface area contributed by atoms with Gasteiger partial charge in [-0.2, -0.15) is 10.4 Å². The van der Waals surface area contributed by atoms with E-state index in [9.17, 15) is 0 Å². The van der Waals surface area contributed by atoms with Crippen LogP contribution in [0.2, 0.25) is 0 Å². The Kier molecular flexibility index (Phi) is 4.54. The van der Waals surface area contributed by atoms with E-state index in [1.165, 1.54) is 5.56 Å². The molecule has 0 spiro atoms. The lowest BCUT2D eigenvalue weighted by Crippen LogP contribution is -2.13. The summed E-state index contributed by atoms with van der Waals surface area (Å²) in [7, 11) is 0. The van der Waals surface area contributed by atoms with E-state index in [4.69, 9.17) is 5.26 Å². The second-order valence-electron chi connectivity index (χ2n) is 4.86. The average Bonchev–Trinajstić information content (AvgIpc) is 2.72. The summed E-state index contributed by atoms with van der Waals surface area (Å²) in [6.07, 6.45) is 0. The Morgan fingerprint density at radius 3 is 2.75 bits per heavy atom. The summed E-state index contributed by atoms with van der Waals surface area (Å²) in [4.78, 5) is 0. The molecule has 20 heavy (non-hydrogen) atoms. The maximum atomic E-state index is 9.15. The summed E-state index contributed by atoms with van der Waals surface area (Å²) in [6.45, 7) is 8.64. The van der Waals surface area contributed by atoms with Crippen molar-refractivity contribution in [2.45, 2.75) is 33.9 Å². The van der Waals surface area contributed by atoms with Crippen molar-refractivity contribution in [1.82, 2.24) is 15.1 Å². The van der Waals surface area contributed by atoms with Crippen LogP contribution in [-0.4, -0.2) is 16.3 Å². The SMILES string of the molecule is CCNCc1c(C)nn(Cc2ccccc2C#N)c1C. The van der Waals surface area contributed by atoms with Gasteiger partial charge in [0.15, 0.2) is 0 Å². The van der Waals surface area contributed by atoms with Gasteiger partial charge in [0.05, 0.1) is 23.9 Å². The van der Waals surface area contributed by atoms with Crippen molar-refractivity contribution >= 4 is 0 Å². The van der Waals surface area contributed by atoms with Crippen molar-refractivity contribution in [3.8, 4) is 6.07 Å². The van der Waals surface area contributed by atoms with Gasteiger partial charge in [0.2, 0.25) is 0 Å². The molecular weight excluding hydrogens is 248 g/mol. The van der Waals surface area contributed by atoms with Crippen LogP contribution in [0.15, 0.2) is 24.3 Å². The third kappa shape index (κ3) is 2.89. The first-order valence-corrected chi connectivity index (χ1v) is 6.89. The van der Waals surface area contributed by atoms with Crippen molar-refractivity contribution in [3.05, 3.63) is 52.3 Å². The molecule has 0 saturated heterocycles. The average molecular weight is 268 g/mol. The minimum Gasteiger partial charge on any atom is -0.313 e. The molecular formula is C16H20N4. The van der Waals surface area contributed by atoms with Gasteiger partial charge in [-0.3, -0.25) is 4.68 Å². The summed E-state index contributed by atoms with van der Waals surface area (Å²) in [5.74, 6) is 0. The van der Waals surface area contributed by atoms with Crippen molar-refractivity contribution in [2.24, 2.45) is 0 Å². The zero-order valence-corrected chi connectivity index (χ0v) is 12.3. The van der Waals surface area contributed by atoms with Crippen LogP contribution in [0, 0.1) is 25.2 Å². The van der Waals surface area contributed by atoms with E-state index >= 15 is 0 Å². The summed E-state index contributed by atoms with van der Waals surface area (Å²) >= 11 is 0. The summed E-state index contributed by atoms with van der Waals surface area (Å²) in [5.41, 5.74) is 5.19. The second-order valence-corrected chi connectivity index (χ2v) is 4.86. The fourth-order valence-corrected chi connectivity index (χ4v) is 2.32. The number of nitrogens with one attached hydrogen (secondary N) is 1. The van der Waals surface area contributed by atoms with Gasteiger partial charge in [-0.05, 0) is 32.0 Å². The fourth-order valence-electron chi connectivity index (χ4n) is 2.32. The lowest BCUT2D eigenvalue weighted by Gasteiger charge is -2.07. The van der Waals surface area contributed by atoms with Crippen molar-refractivity contribution in [3.63, 3.8) is 0 Å². The quantitative estimate of drug-likeness (QED) is 0.906. The first-order valence-electron chi connectivity index (χ1n) is 6.89. The fraction of sp³-hybridized carbons (Fsp3) is 0.375. The molecule has 0 radical (unpaired) electrons. The third-order valence-electron chi connectivity index (χ3n) is 3.54. The number of aromatic nitrogens is 2. The molecule has 0 atom stereocenters. The zero-order chi connectivity index (χ0) is 14.5. The molecule has 0 aliphatic rings. The van der Waals surface area contributed by atoms with Gasteiger partial charge in [-0.15, -0.1) is 0 Å². The van der Waals surface area contributed by atoms with Crippen molar-refractivity contribution < 1.29 is 0 Å². The molecule has 1 heterocycles. The maximum absolute atomic E-state index is 9.15. The van der Waals surface area contributed by atoms with Gasteiger partial charge in [-0.1, -0.05) is 25.1 Å². The van der Waals surface area contributed by atoms with Crippen LogP contribution in [0.4, 0.5) is 0 Å². The molecule has 0 unspecified atom stereocenters. The number of aryl methyl sites for hydroxylation is 1. The Balaban J connectivity index is 2.28. The largest absolute Gasteiger partial charge is 0.313 e. The van der Waals surface area contributed by atoms with Gasteiger partial charge in [0, 0.05) is 17.8 Å². The molecule has 1 aromatic heterocycles. The van der Waals surface area contributed by atoms with Gasteiger partial charge >= 0.3 is 0 Å². The summed E-state index contributed by atoms with van der Waals surface area (Å²) in [5, 5.41) is 17.1. The Hall–Kier alpha value is -2.12. The molecule has 0 fully saturated rings. The highest BCUT2D eigenvalue weighted by atomic mass is 15.3. The standard InChI is InChI=1S/C16H20N4/c1-4-18-10-16-12(2)19-20(13(16)3)11-15-8-6-5-7-14(15)9-17/h5-8,18H,4,10-11H2,1-3H3. The van der Waals surface area contributed by atoms with Gasteiger partial charge in [-0.25, -0.2) is 0 Å². The van der Waals surface area contributed by atoms with Crippen LogP contribution in [0.3, 0.4) is 0 Å². The molecule has 104 valence electrons. The second kappa shape index (κ2) is 6.36. The number of hydrogen-bond acceptors (Lipinski definition) is 3. The van der Waals surface area contributed by atoms with Crippen LogP contribution < -0.4 is 5.32 Å². The van der Waals surface area contributed by atoms with Gasteiger partial charge in [0.25, 0.3) is 0 Å². The summed E-state index contributed by atoms with van der Waals surface area (Å²) in [6, 6.07) is 9.92. The van der Waals surface area contributed by atoms with E-state index in [1.807, 2.05) is 35.9 Å². The molecule has 1 aromatic carbocycles. The first-order chi connectivity index (χ1) is 9.67. The predicted molar refractivity (Wildman–Crippen MR) is 79.3 cm³/mol. The topological polar surface area (TPSA) is 53.6 Å². The number of nitrogens with zero attached hydrogens (tertiary/aromatic N) is 3. The Bertz CT molecular complexity index is 634. The third-order valence-corrected chi connectivity index (χ3v) is 3.54. The molecule has 2 aromatic rings. The van der Waals surface area contributed by atoms with Crippen LogP contribution in [-0.2, 0) is 13.1 Å². The molecule has 4 heteroatoms. The van der Waals surface area contributed by atoms with E-state index in [2.05, 4.69) is 30.3 Å². The lowest BCUT2D eigenvalue weighted by molar-refractivity contribution is 0.654. The number of rotatable bonds is 5. The molecule has 2 rings (SSSR count). The highest BCUT2D eigenvalue weighted by Crippen LogP contribution is 2.16. The molecule has 0 saturated carbocycles. The number of benzene rings is 1. The van der Waals surface area contributed by atoms with Gasteiger partial charge < -0.3 is 5.32 Å². The van der Waals surface area contributed by atoms with E-state index in [0.29, 0.717) is 12.1 Å². The minimum absolute atomic E-state index is 0.641. The van der Waals surface area contributed by atoms with E-state index < -0.39 is 0 Å². The molecule has 0 aliphatic carbocycles. The number of nitriles is 1. The molecule has 0 aliphatic heterocycles. The maximum Gasteiger partial charge on any atom is 0.0995 e. The van der Waals surface area contributed by atoms with Crippen LogP contribution in [0.5, 0.6) is 0 Å². The van der Waals surface area contributed by atoms with Crippen LogP contribution >= 0.6 is 0 Å². The summed E-state index contributed by atoms with van der Waals surface area (Å²) < 4.78 is 1.98. The molecule has 0 bridgehead atoms. The van der Waals surface area contributed by atoms with E-state index in [1.54, 1.807) is 0 Å². The Morgan fingerprint density at radius 2 is 2.05 bits per heavy atom. The van der Waals surface area contributed by atoms with E-state index in [0.717, 1.165) is 30.0 Å². The molecule has 0 amide bonds. The monoisotopic (exact) mass is 268 g/mol. The smallest absolute Gasteiger partial charge is 0.0995 e. The lowest BCUT2D eigenvalue weighted by atomic mass is 10.1. The minimum atomic E-state index is 0.641. The Morgan fingerprint density at radius 1 is 1.30 bits per heavy atom. The normalized spacial score (nSPS) is 10.5. The highest BCUT2D eigenvalue weighted by Gasteiger charge is 2.12. The predicted octanol–water partition coefficient (Wildman–Crippen LogP) is 2.53. The van der Waals surface area contributed by atoms with Crippen LogP contribution in [0.25, 0.3) is 0 Å². The van der Waals surface area contributed by atoms with Crippen molar-refractivity contribution in [1.29, 1.82) is 5.26 Å². The van der Waals surface area contributed by atoms with Crippen molar-refractivity contribution in [2.75, 3.05) is 6.54 Å². The van der Waals surface area contributed by atoms with Crippen LogP contribution in [0.1, 0.15) is 35.0 Å². The zero-order valence-electron chi connectivity index (χ0n) is 12.3. The van der Waals surface area contributed by atoms with E-state index in [-0.39, 0.29) is 0 Å². The van der Waals surface area contributed by atoms with Gasteiger partial charge in [0.1, 0.15) is 0 Å². The Labute approximate surface area is 120 Å².